The van der Waals surface area contributed by atoms with Gasteiger partial charge in [-0.3, -0.25) is 0 Å². The Morgan fingerprint density at radius 2 is 0.667 bits per heavy atom. The van der Waals surface area contributed by atoms with Gasteiger partial charge in [0.25, 0.3) is 0 Å². The smallest absolute Gasteiger partial charge is 0.0159 e. The monoisotopic (exact) mass is 724 g/mol. The van der Waals surface area contributed by atoms with E-state index in [-0.39, 0.29) is 5.41 Å². The largest absolute Gasteiger partial charge is 0.0622 e. The van der Waals surface area contributed by atoms with E-state index in [4.69, 9.17) is 0 Å². The van der Waals surface area contributed by atoms with Gasteiger partial charge in [-0.2, -0.15) is 0 Å². The first-order valence-corrected chi connectivity index (χ1v) is 20.0. The lowest BCUT2D eigenvalue weighted by atomic mass is 9.81. The van der Waals surface area contributed by atoms with Crippen LogP contribution in [-0.4, -0.2) is 0 Å². The molecule has 0 unspecified atom stereocenters. The Bertz CT molecular complexity index is 3050. The molecule has 57 heavy (non-hydrogen) atoms. The van der Waals surface area contributed by atoms with Crippen LogP contribution in [0, 0.1) is 0 Å². The first-order chi connectivity index (χ1) is 28.0. The normalized spacial score (nSPS) is 12.9. The van der Waals surface area contributed by atoms with E-state index in [1.54, 1.807) is 0 Å². The number of hydrogen-bond donors (Lipinski definition) is 0. The summed E-state index contributed by atoms with van der Waals surface area (Å²) in [5.41, 5.74) is 17.8. The van der Waals surface area contributed by atoms with Crippen molar-refractivity contribution in [2.24, 2.45) is 0 Å². The quantitative estimate of drug-likeness (QED) is 0.155. The van der Waals surface area contributed by atoms with Crippen LogP contribution in [0.4, 0.5) is 0 Å². The third kappa shape index (κ3) is 5.36. The average Bonchev–Trinajstić information content (AvgIpc) is 3.51. The molecule has 0 bridgehead atoms. The molecule has 1 aliphatic carbocycles. The predicted molar refractivity (Wildman–Crippen MR) is 244 cm³/mol. The van der Waals surface area contributed by atoms with Crippen molar-refractivity contribution in [2.75, 3.05) is 0 Å². The standard InChI is InChI=1S/C57H40/c1-57(2)52-31-30-42(36-51(52)56-46-20-10-9-19-40(46)29-32-53(56)57)55-49-23-13-11-21-47(49)54(48-22-12-14-24-50(48)55)41-27-25-39(26-28-41)45-34-43(37-15-5-3-6-16-37)33-44(35-45)38-17-7-4-8-18-38/h3-36H,1-2H3. The van der Waals surface area contributed by atoms with Crippen LogP contribution >= 0.6 is 0 Å². The average molecular weight is 725 g/mol. The molecule has 0 radical (unpaired) electrons. The van der Waals surface area contributed by atoms with Crippen LogP contribution in [0.1, 0.15) is 25.0 Å². The Hall–Kier alpha value is -7.02. The lowest BCUT2D eigenvalue weighted by molar-refractivity contribution is 0.661. The molecule has 0 N–H and O–H groups in total. The van der Waals surface area contributed by atoms with Crippen LogP contribution in [0.25, 0.3) is 99.1 Å². The first kappa shape index (κ1) is 33.3. The van der Waals surface area contributed by atoms with Crippen molar-refractivity contribution >= 4 is 32.3 Å². The number of rotatable bonds is 5. The van der Waals surface area contributed by atoms with Crippen molar-refractivity contribution in [2.45, 2.75) is 19.3 Å². The maximum absolute atomic E-state index is 2.48. The maximum Gasteiger partial charge on any atom is 0.0159 e. The molecule has 0 fully saturated rings. The maximum atomic E-state index is 2.48. The second kappa shape index (κ2) is 13.0. The molecule has 0 heteroatoms. The van der Waals surface area contributed by atoms with E-state index in [0.717, 1.165) is 0 Å². The van der Waals surface area contributed by atoms with E-state index in [1.165, 1.54) is 110 Å². The van der Waals surface area contributed by atoms with Gasteiger partial charge in [0, 0.05) is 5.41 Å². The fourth-order valence-electron chi connectivity index (χ4n) is 9.65. The molecule has 0 saturated carbocycles. The Labute approximate surface area is 334 Å². The van der Waals surface area contributed by atoms with Crippen molar-refractivity contribution in [1.82, 2.24) is 0 Å². The van der Waals surface area contributed by atoms with E-state index in [0.29, 0.717) is 0 Å². The summed E-state index contributed by atoms with van der Waals surface area (Å²) in [5.74, 6) is 0. The lowest BCUT2D eigenvalue weighted by Gasteiger charge is -2.22. The molecule has 0 aliphatic heterocycles. The summed E-state index contributed by atoms with van der Waals surface area (Å²) in [6.07, 6.45) is 0. The minimum atomic E-state index is -0.0701. The van der Waals surface area contributed by atoms with Crippen molar-refractivity contribution < 1.29 is 0 Å². The highest BCUT2D eigenvalue weighted by Crippen LogP contribution is 2.53. The molecule has 0 heterocycles. The topological polar surface area (TPSA) is 0 Å². The number of benzene rings is 10. The van der Waals surface area contributed by atoms with Crippen LogP contribution in [0.2, 0.25) is 0 Å². The molecule has 0 aromatic heterocycles. The third-order valence-electron chi connectivity index (χ3n) is 12.4. The Balaban J connectivity index is 1.07. The van der Waals surface area contributed by atoms with Gasteiger partial charge < -0.3 is 0 Å². The zero-order valence-corrected chi connectivity index (χ0v) is 32.1. The van der Waals surface area contributed by atoms with Gasteiger partial charge in [0.2, 0.25) is 0 Å². The first-order valence-electron chi connectivity index (χ1n) is 20.0. The summed E-state index contributed by atoms with van der Waals surface area (Å²) < 4.78 is 0. The molecule has 10 aromatic carbocycles. The van der Waals surface area contributed by atoms with E-state index in [9.17, 15) is 0 Å². The third-order valence-corrected chi connectivity index (χ3v) is 12.4. The van der Waals surface area contributed by atoms with Crippen molar-refractivity contribution in [3.8, 4) is 66.8 Å². The molecule has 1 aliphatic rings. The molecule has 0 saturated heterocycles. The lowest BCUT2D eigenvalue weighted by Crippen LogP contribution is -2.14. The predicted octanol–water partition coefficient (Wildman–Crippen LogP) is 15.8. The molecule has 0 spiro atoms. The van der Waals surface area contributed by atoms with Gasteiger partial charge in [0.1, 0.15) is 0 Å². The van der Waals surface area contributed by atoms with Crippen LogP contribution in [0.3, 0.4) is 0 Å². The second-order valence-electron chi connectivity index (χ2n) is 16.0. The minimum Gasteiger partial charge on any atom is -0.0622 e. The van der Waals surface area contributed by atoms with Gasteiger partial charge in [-0.25, -0.2) is 0 Å². The molecule has 10 aromatic rings. The molecule has 268 valence electrons. The highest BCUT2D eigenvalue weighted by molar-refractivity contribution is 6.21. The summed E-state index contributed by atoms with van der Waals surface area (Å²) in [5, 5.41) is 7.70. The fraction of sp³-hybridized carbons (Fsp3) is 0.0526. The molecular formula is C57H40. The number of hydrogen-bond acceptors (Lipinski definition) is 0. The van der Waals surface area contributed by atoms with Gasteiger partial charge in [-0.05, 0) is 134 Å². The molecule has 0 atom stereocenters. The zero-order chi connectivity index (χ0) is 38.1. The van der Waals surface area contributed by atoms with Crippen molar-refractivity contribution in [1.29, 1.82) is 0 Å². The van der Waals surface area contributed by atoms with Crippen LogP contribution in [0.5, 0.6) is 0 Å². The van der Waals surface area contributed by atoms with Crippen LogP contribution in [0.15, 0.2) is 206 Å². The molecule has 0 nitrogen and oxygen atoms in total. The summed E-state index contributed by atoms with van der Waals surface area (Å²) in [7, 11) is 0. The van der Waals surface area contributed by atoms with Crippen molar-refractivity contribution in [3.63, 3.8) is 0 Å². The van der Waals surface area contributed by atoms with E-state index in [2.05, 4.69) is 220 Å². The zero-order valence-electron chi connectivity index (χ0n) is 32.1. The summed E-state index contributed by atoms with van der Waals surface area (Å²) in [6.45, 7) is 4.75. The Morgan fingerprint density at radius 1 is 0.263 bits per heavy atom. The molecular weight excluding hydrogens is 685 g/mol. The van der Waals surface area contributed by atoms with Gasteiger partial charge in [0.15, 0.2) is 0 Å². The highest BCUT2D eigenvalue weighted by Gasteiger charge is 2.36. The summed E-state index contributed by atoms with van der Waals surface area (Å²) in [6, 6.07) is 76.3. The van der Waals surface area contributed by atoms with Crippen LogP contribution < -0.4 is 0 Å². The Morgan fingerprint density at radius 3 is 1.21 bits per heavy atom. The van der Waals surface area contributed by atoms with Gasteiger partial charge in [-0.1, -0.05) is 196 Å². The van der Waals surface area contributed by atoms with Crippen molar-refractivity contribution in [3.05, 3.63) is 217 Å². The molecule has 0 amide bonds. The second-order valence-corrected chi connectivity index (χ2v) is 16.0. The van der Waals surface area contributed by atoms with Gasteiger partial charge in [0.05, 0.1) is 0 Å². The summed E-state index contributed by atoms with van der Waals surface area (Å²) in [4.78, 5) is 0. The molecule has 11 rings (SSSR count). The Kier molecular flexibility index (Phi) is 7.63. The van der Waals surface area contributed by atoms with Gasteiger partial charge >= 0.3 is 0 Å². The number of fused-ring (bicyclic) bond motifs is 7. The van der Waals surface area contributed by atoms with Crippen LogP contribution in [-0.2, 0) is 5.41 Å². The van der Waals surface area contributed by atoms with E-state index in [1.807, 2.05) is 0 Å². The summed E-state index contributed by atoms with van der Waals surface area (Å²) >= 11 is 0. The van der Waals surface area contributed by atoms with E-state index < -0.39 is 0 Å². The van der Waals surface area contributed by atoms with Gasteiger partial charge in [-0.15, -0.1) is 0 Å². The van der Waals surface area contributed by atoms with E-state index >= 15 is 0 Å². The highest BCUT2D eigenvalue weighted by atomic mass is 14.4. The minimum absolute atomic E-state index is 0.0701. The fourth-order valence-corrected chi connectivity index (χ4v) is 9.65. The SMILES string of the molecule is CC1(C)c2ccc(-c3c4ccccc4c(-c4ccc(-c5cc(-c6ccccc6)cc(-c6ccccc6)c5)cc4)c4ccccc34)cc2-c2c1ccc1ccccc21.